The summed E-state index contributed by atoms with van der Waals surface area (Å²) in [6.45, 7) is 11.3. The summed E-state index contributed by atoms with van der Waals surface area (Å²) in [6, 6.07) is 8.46. The van der Waals surface area contributed by atoms with Crippen molar-refractivity contribution in [1.29, 1.82) is 0 Å². The molecule has 0 spiro atoms. The van der Waals surface area contributed by atoms with Gasteiger partial charge >= 0.3 is 0 Å². The molecule has 1 unspecified atom stereocenters. The van der Waals surface area contributed by atoms with Crippen LogP contribution < -0.4 is 10.6 Å². The first-order valence-electron chi connectivity index (χ1n) is 9.10. The SMILES string of the molecule is CN=C(NCc1cccc(COC(C)(C)C)c1)NCC1(C)CCCO1. The van der Waals surface area contributed by atoms with Gasteiger partial charge in [-0.25, -0.2) is 0 Å². The van der Waals surface area contributed by atoms with Gasteiger partial charge in [-0.05, 0) is 51.7 Å². The van der Waals surface area contributed by atoms with E-state index in [0.717, 1.165) is 38.5 Å². The molecule has 1 heterocycles. The van der Waals surface area contributed by atoms with E-state index in [1.165, 1.54) is 11.1 Å². The van der Waals surface area contributed by atoms with E-state index in [0.29, 0.717) is 6.61 Å². The van der Waals surface area contributed by atoms with E-state index in [4.69, 9.17) is 9.47 Å². The Hall–Kier alpha value is -1.59. The predicted molar refractivity (Wildman–Crippen MR) is 103 cm³/mol. The summed E-state index contributed by atoms with van der Waals surface area (Å²) in [5, 5.41) is 6.74. The van der Waals surface area contributed by atoms with Crippen LogP contribution >= 0.6 is 0 Å². The molecule has 5 heteroatoms. The van der Waals surface area contributed by atoms with Crippen molar-refractivity contribution in [3.8, 4) is 0 Å². The van der Waals surface area contributed by atoms with Crippen LogP contribution in [0.15, 0.2) is 29.3 Å². The first kappa shape index (κ1) is 19.7. The molecule has 0 radical (unpaired) electrons. The number of hydrogen-bond donors (Lipinski definition) is 2. The number of benzene rings is 1. The maximum Gasteiger partial charge on any atom is 0.191 e. The Morgan fingerprint density at radius 1 is 1.28 bits per heavy atom. The van der Waals surface area contributed by atoms with E-state index in [2.05, 4.69) is 67.6 Å². The van der Waals surface area contributed by atoms with Gasteiger partial charge in [-0.15, -0.1) is 0 Å². The van der Waals surface area contributed by atoms with E-state index < -0.39 is 0 Å². The van der Waals surface area contributed by atoms with Crippen molar-refractivity contribution in [3.05, 3.63) is 35.4 Å². The van der Waals surface area contributed by atoms with Crippen molar-refractivity contribution in [2.45, 2.75) is 64.9 Å². The molecular formula is C20H33N3O2. The average molecular weight is 348 g/mol. The molecule has 2 rings (SSSR count). The van der Waals surface area contributed by atoms with Crippen LogP contribution in [-0.2, 0) is 22.6 Å². The Labute approximate surface area is 152 Å². The molecule has 1 aliphatic rings. The van der Waals surface area contributed by atoms with Gasteiger partial charge in [-0.1, -0.05) is 24.3 Å². The highest BCUT2D eigenvalue weighted by molar-refractivity contribution is 5.79. The number of hydrogen-bond acceptors (Lipinski definition) is 3. The van der Waals surface area contributed by atoms with Crippen molar-refractivity contribution in [3.63, 3.8) is 0 Å². The number of nitrogens with one attached hydrogen (secondary N) is 2. The summed E-state index contributed by atoms with van der Waals surface area (Å²) in [5.41, 5.74) is 2.19. The second-order valence-electron chi connectivity index (χ2n) is 7.90. The van der Waals surface area contributed by atoms with Gasteiger partial charge in [0.2, 0.25) is 0 Å². The van der Waals surface area contributed by atoms with Gasteiger partial charge in [-0.3, -0.25) is 4.99 Å². The number of aliphatic imine (C=N–C) groups is 1. The van der Waals surface area contributed by atoms with Gasteiger partial charge in [0.1, 0.15) is 0 Å². The Morgan fingerprint density at radius 2 is 2.04 bits per heavy atom. The van der Waals surface area contributed by atoms with Gasteiger partial charge in [0.15, 0.2) is 5.96 Å². The second kappa shape index (κ2) is 8.68. The van der Waals surface area contributed by atoms with E-state index in [1.54, 1.807) is 7.05 Å². The summed E-state index contributed by atoms with van der Waals surface area (Å²) in [7, 11) is 1.79. The molecule has 1 atom stereocenters. The number of ether oxygens (including phenoxy) is 2. The topological polar surface area (TPSA) is 54.9 Å². The minimum absolute atomic E-state index is 0.0815. The summed E-state index contributed by atoms with van der Waals surface area (Å²) in [6.07, 6.45) is 2.22. The zero-order valence-corrected chi connectivity index (χ0v) is 16.3. The molecule has 25 heavy (non-hydrogen) atoms. The molecule has 0 aromatic heterocycles. The highest BCUT2D eigenvalue weighted by Gasteiger charge is 2.29. The molecule has 1 saturated heterocycles. The lowest BCUT2D eigenvalue weighted by Gasteiger charge is -2.24. The molecule has 140 valence electrons. The molecule has 0 saturated carbocycles. The van der Waals surface area contributed by atoms with Crippen LogP contribution in [0.25, 0.3) is 0 Å². The van der Waals surface area contributed by atoms with Crippen LogP contribution in [0.1, 0.15) is 51.7 Å². The molecule has 0 amide bonds. The fourth-order valence-electron chi connectivity index (χ4n) is 2.78. The van der Waals surface area contributed by atoms with Crippen LogP contribution in [0.4, 0.5) is 0 Å². The van der Waals surface area contributed by atoms with Crippen molar-refractivity contribution < 1.29 is 9.47 Å². The van der Waals surface area contributed by atoms with E-state index in [-0.39, 0.29) is 11.2 Å². The Balaban J connectivity index is 1.82. The molecule has 1 aromatic rings. The van der Waals surface area contributed by atoms with Crippen molar-refractivity contribution in [1.82, 2.24) is 10.6 Å². The lowest BCUT2D eigenvalue weighted by atomic mass is 10.0. The van der Waals surface area contributed by atoms with Crippen molar-refractivity contribution in [2.24, 2.45) is 4.99 Å². The van der Waals surface area contributed by atoms with Crippen molar-refractivity contribution >= 4 is 5.96 Å². The number of rotatable bonds is 6. The summed E-state index contributed by atoms with van der Waals surface area (Å²) in [5.74, 6) is 0.799. The zero-order valence-electron chi connectivity index (χ0n) is 16.3. The zero-order chi connectivity index (χ0) is 18.3. The third-order valence-electron chi connectivity index (χ3n) is 4.28. The van der Waals surface area contributed by atoms with Crippen LogP contribution in [0, 0.1) is 0 Å². The van der Waals surface area contributed by atoms with Gasteiger partial charge < -0.3 is 20.1 Å². The van der Waals surface area contributed by atoms with E-state index >= 15 is 0 Å². The normalized spacial score (nSPS) is 21.4. The van der Waals surface area contributed by atoms with Gasteiger partial charge in [0, 0.05) is 26.7 Å². The first-order valence-corrected chi connectivity index (χ1v) is 9.10. The fraction of sp³-hybridized carbons (Fsp3) is 0.650. The minimum Gasteiger partial charge on any atom is -0.373 e. The maximum absolute atomic E-state index is 5.85. The highest BCUT2D eigenvalue weighted by Crippen LogP contribution is 2.23. The standard InChI is InChI=1S/C20H33N3O2/c1-19(2,3)25-14-17-9-6-8-16(12-17)13-22-18(21-5)23-15-20(4)10-7-11-24-20/h6,8-9,12H,7,10-11,13-15H2,1-5H3,(H2,21,22,23). The number of nitrogens with zero attached hydrogens (tertiary/aromatic N) is 1. The smallest absolute Gasteiger partial charge is 0.191 e. The van der Waals surface area contributed by atoms with Crippen LogP contribution in [0.3, 0.4) is 0 Å². The Morgan fingerprint density at radius 3 is 2.68 bits per heavy atom. The quantitative estimate of drug-likeness (QED) is 0.613. The molecule has 1 aromatic carbocycles. The van der Waals surface area contributed by atoms with Crippen LogP contribution in [-0.4, -0.2) is 37.4 Å². The average Bonchev–Trinajstić information content (AvgIpc) is 3.00. The highest BCUT2D eigenvalue weighted by atomic mass is 16.5. The lowest BCUT2D eigenvalue weighted by molar-refractivity contribution is -0.0149. The largest absolute Gasteiger partial charge is 0.373 e. The maximum atomic E-state index is 5.85. The molecule has 2 N–H and O–H groups in total. The summed E-state index contributed by atoms with van der Waals surface area (Å²) in [4.78, 5) is 4.30. The molecule has 0 bridgehead atoms. The molecule has 5 nitrogen and oxygen atoms in total. The Bertz CT molecular complexity index is 573. The van der Waals surface area contributed by atoms with Gasteiger partial charge in [0.25, 0.3) is 0 Å². The lowest BCUT2D eigenvalue weighted by Crippen LogP contribution is -2.45. The number of guanidine groups is 1. The third kappa shape index (κ3) is 7.04. The predicted octanol–water partition coefficient (Wildman–Crippen LogP) is 3.24. The molecule has 0 aliphatic carbocycles. The molecule has 1 fully saturated rings. The fourth-order valence-corrected chi connectivity index (χ4v) is 2.78. The monoisotopic (exact) mass is 347 g/mol. The Kier molecular flexibility index (Phi) is 6.85. The van der Waals surface area contributed by atoms with Crippen LogP contribution in [0.2, 0.25) is 0 Å². The van der Waals surface area contributed by atoms with E-state index in [9.17, 15) is 0 Å². The second-order valence-corrected chi connectivity index (χ2v) is 7.90. The van der Waals surface area contributed by atoms with Crippen molar-refractivity contribution in [2.75, 3.05) is 20.2 Å². The van der Waals surface area contributed by atoms with E-state index in [1.807, 2.05) is 0 Å². The third-order valence-corrected chi connectivity index (χ3v) is 4.28. The van der Waals surface area contributed by atoms with Crippen LogP contribution in [0.5, 0.6) is 0 Å². The van der Waals surface area contributed by atoms with Gasteiger partial charge in [-0.2, -0.15) is 0 Å². The first-order chi connectivity index (χ1) is 11.8. The summed E-state index contributed by atoms with van der Waals surface area (Å²) < 4.78 is 11.7. The minimum atomic E-state index is -0.126. The molecule has 1 aliphatic heterocycles. The molecular weight excluding hydrogens is 314 g/mol. The summed E-state index contributed by atoms with van der Waals surface area (Å²) >= 11 is 0. The van der Waals surface area contributed by atoms with Gasteiger partial charge in [0.05, 0.1) is 17.8 Å².